The van der Waals surface area contributed by atoms with Crippen LogP contribution < -0.4 is 16.0 Å². The number of fused-ring (bicyclic) bond motifs is 7. The molecule has 5 heterocycles. The number of allylic oxidation sites excluding steroid dienone is 2. The number of Topliss-reactive ketones (excluding diaryl/α,β-unsaturated/α-hetero) is 1. The quantitative estimate of drug-likeness (QED) is 0.197. The van der Waals surface area contributed by atoms with E-state index in [1.54, 1.807) is 0 Å². The van der Waals surface area contributed by atoms with E-state index in [0.717, 1.165) is 74.1 Å². The third kappa shape index (κ3) is 4.22. The van der Waals surface area contributed by atoms with Gasteiger partial charge in [0.15, 0.2) is 5.78 Å². The molecule has 8 nitrogen and oxygen atoms in total. The smallest absolute Gasteiger partial charge is 0.321 e. The number of ketones is 1. The molecule has 0 amide bonds. The van der Waals surface area contributed by atoms with Crippen molar-refractivity contribution in [3.8, 4) is 0 Å². The zero-order valence-corrected chi connectivity index (χ0v) is 25.6. The monoisotopic (exact) mass is 578 g/mol. The van der Waals surface area contributed by atoms with Crippen LogP contribution in [0.3, 0.4) is 0 Å². The van der Waals surface area contributed by atoms with Crippen molar-refractivity contribution in [2.75, 3.05) is 7.11 Å². The minimum Gasteiger partial charge on any atom is -0.468 e. The van der Waals surface area contributed by atoms with Gasteiger partial charge in [-0.05, 0) is 74.1 Å². The highest BCUT2D eigenvalue weighted by Gasteiger charge is 2.48. The highest BCUT2D eigenvalue weighted by molar-refractivity contribution is 6.24. The van der Waals surface area contributed by atoms with E-state index in [2.05, 4.69) is 72.8 Å². The van der Waals surface area contributed by atoms with Crippen LogP contribution in [0.15, 0.2) is 18.0 Å². The van der Waals surface area contributed by atoms with Gasteiger partial charge in [-0.3, -0.25) is 9.59 Å². The number of hydrogen-bond acceptors (Lipinski definition) is 5. The fourth-order valence-corrected chi connectivity index (χ4v) is 7.25. The lowest BCUT2D eigenvalue weighted by molar-refractivity contribution is -0.141. The summed E-state index contributed by atoms with van der Waals surface area (Å²) in [5, 5.41) is 5.60. The molecule has 0 radical (unpaired) electrons. The molecule has 2 aliphatic heterocycles. The Morgan fingerprint density at radius 1 is 1.00 bits per heavy atom. The molecule has 3 aromatic rings. The Labute approximate surface area is 250 Å². The first-order chi connectivity index (χ1) is 20.6. The molecule has 3 aliphatic rings. The van der Waals surface area contributed by atoms with E-state index in [1.807, 2.05) is 13.0 Å². The van der Waals surface area contributed by atoms with Crippen molar-refractivity contribution in [2.24, 2.45) is 17.8 Å². The van der Waals surface area contributed by atoms with Crippen LogP contribution in [-0.4, -0.2) is 40.1 Å². The van der Waals surface area contributed by atoms with Crippen LogP contribution in [-0.2, 0) is 20.7 Å². The predicted molar refractivity (Wildman–Crippen MR) is 168 cm³/mol. The number of ether oxygens (including phenoxy) is 1. The second kappa shape index (κ2) is 10.6. The average molecular weight is 579 g/mol. The zero-order chi connectivity index (χ0) is 30.7. The van der Waals surface area contributed by atoms with Gasteiger partial charge < -0.3 is 29.8 Å². The number of aldehydes is 1. The van der Waals surface area contributed by atoms with Gasteiger partial charge in [0.25, 0.3) is 0 Å². The lowest BCUT2D eigenvalue weighted by Crippen LogP contribution is -2.25. The first-order valence-corrected chi connectivity index (χ1v) is 14.9. The molecule has 43 heavy (non-hydrogen) atoms. The Morgan fingerprint density at radius 3 is 2.40 bits per heavy atom. The highest BCUT2D eigenvalue weighted by Crippen LogP contribution is 2.48. The van der Waals surface area contributed by atoms with Gasteiger partial charge in [-0.25, -0.2) is 0 Å². The Kier molecular flexibility index (Phi) is 7.03. The molecule has 0 saturated carbocycles. The van der Waals surface area contributed by atoms with Crippen LogP contribution in [0.4, 0.5) is 0 Å². The van der Waals surface area contributed by atoms with Gasteiger partial charge in [0, 0.05) is 74.1 Å². The summed E-state index contributed by atoms with van der Waals surface area (Å²) in [6, 6.07) is 0. The van der Waals surface area contributed by atoms with Gasteiger partial charge in [0.1, 0.15) is 12.2 Å². The number of aromatic amines is 3. The Morgan fingerprint density at radius 2 is 1.72 bits per heavy atom. The van der Waals surface area contributed by atoms with Gasteiger partial charge in [0.05, 0.1) is 12.8 Å². The normalized spacial score (nSPS) is 24.8. The summed E-state index contributed by atoms with van der Waals surface area (Å²) in [5.41, 5.74) is 11.5. The van der Waals surface area contributed by atoms with E-state index >= 15 is 0 Å². The standard InChI is InChI=1S/C35H38N4O4/c1-8-20-16(3)23-13-25-18(5)22(11-10-12-40)32(38-25)30-31(35(42)43-7)34(41)29-19(6)26(39-33(29)30)15-28-21(9-2)17(4)24(37-28)14-27(20)36-23/h8,12-15,18,22,31,36-39H,1,9-11H2,2-7H3/b24-14-,25-13-,28-15-,32-30-/t18-,22-,31+/m0/s1. The van der Waals surface area contributed by atoms with Crippen LogP contribution in [0.25, 0.3) is 29.9 Å². The minimum atomic E-state index is -1.09. The van der Waals surface area contributed by atoms with Crippen LogP contribution in [0, 0.1) is 38.5 Å². The number of nitrogens with one attached hydrogen (secondary N) is 4. The highest BCUT2D eigenvalue weighted by atomic mass is 16.5. The molecule has 1 fully saturated rings. The summed E-state index contributed by atoms with van der Waals surface area (Å²) >= 11 is 0. The number of aromatic nitrogens is 3. The topological polar surface area (TPSA) is 120 Å². The molecular formula is C35H38N4O4. The third-order valence-corrected chi connectivity index (χ3v) is 9.68. The molecule has 1 aliphatic carbocycles. The predicted octanol–water partition coefficient (Wildman–Crippen LogP) is 4.34. The number of H-pyrrole nitrogens is 3. The van der Waals surface area contributed by atoms with Crippen molar-refractivity contribution in [1.29, 1.82) is 0 Å². The van der Waals surface area contributed by atoms with Crippen LogP contribution in [0.2, 0.25) is 0 Å². The van der Waals surface area contributed by atoms with Crippen molar-refractivity contribution in [2.45, 2.75) is 53.9 Å². The summed E-state index contributed by atoms with van der Waals surface area (Å²) in [5.74, 6) is -2.06. The van der Waals surface area contributed by atoms with Crippen LogP contribution >= 0.6 is 0 Å². The molecule has 8 heteroatoms. The van der Waals surface area contributed by atoms with Gasteiger partial charge in [0.2, 0.25) is 0 Å². The fraction of sp³-hybridized carbons (Fsp3) is 0.343. The zero-order valence-electron chi connectivity index (χ0n) is 25.6. The van der Waals surface area contributed by atoms with E-state index in [4.69, 9.17) is 4.74 Å². The SMILES string of the molecule is C=Cc1c2[nH]c(c1C)/C=C1\N/C(=C3\c4[nH]c(c(C)c4C(=O)[C@@H]3C(=O)OC)/C=c3\[nH]/c(c(C)c3CC)=C\2)[C@@H](CCC=O)[C@@H]1C. The van der Waals surface area contributed by atoms with E-state index in [9.17, 15) is 14.4 Å². The molecule has 0 aromatic carbocycles. The van der Waals surface area contributed by atoms with Crippen molar-refractivity contribution in [3.05, 3.63) is 84.8 Å². The third-order valence-electron chi connectivity index (χ3n) is 9.68. The number of hydrogen-bond donors (Lipinski definition) is 4. The molecule has 0 spiro atoms. The summed E-state index contributed by atoms with van der Waals surface area (Å²) in [7, 11) is 1.31. The van der Waals surface area contributed by atoms with Crippen molar-refractivity contribution >= 4 is 47.9 Å². The summed E-state index contributed by atoms with van der Waals surface area (Å²) in [6.45, 7) is 14.5. The van der Waals surface area contributed by atoms with E-state index in [1.165, 1.54) is 12.7 Å². The van der Waals surface area contributed by atoms with Gasteiger partial charge >= 0.3 is 5.97 Å². The molecule has 0 unspecified atom stereocenters. The Bertz CT molecular complexity index is 1910. The summed E-state index contributed by atoms with van der Waals surface area (Å²) in [4.78, 5) is 49.5. The van der Waals surface area contributed by atoms with Gasteiger partial charge in [-0.1, -0.05) is 26.5 Å². The minimum absolute atomic E-state index is 0.000106. The molecular weight excluding hydrogens is 540 g/mol. The second-order valence-corrected chi connectivity index (χ2v) is 11.8. The Hall–Kier alpha value is -4.59. The molecule has 3 aromatic heterocycles. The van der Waals surface area contributed by atoms with Crippen molar-refractivity contribution in [3.63, 3.8) is 0 Å². The lowest BCUT2D eigenvalue weighted by Gasteiger charge is -2.19. The number of carbonyl (C=O) groups is 3. The number of methoxy groups -OCH3 is 1. The van der Waals surface area contributed by atoms with Crippen molar-refractivity contribution in [1.82, 2.24) is 20.3 Å². The molecule has 6 rings (SSSR count). The van der Waals surface area contributed by atoms with E-state index in [-0.39, 0.29) is 17.6 Å². The first-order valence-electron chi connectivity index (χ1n) is 14.9. The molecule has 3 atom stereocenters. The fourth-order valence-electron chi connectivity index (χ4n) is 7.25. The maximum atomic E-state index is 14.0. The average Bonchev–Trinajstić information content (AvgIpc) is 3.72. The van der Waals surface area contributed by atoms with Crippen LogP contribution in [0.1, 0.15) is 87.6 Å². The van der Waals surface area contributed by atoms with Gasteiger partial charge in [-0.15, -0.1) is 0 Å². The largest absolute Gasteiger partial charge is 0.468 e. The molecule has 222 valence electrons. The maximum absolute atomic E-state index is 14.0. The second-order valence-electron chi connectivity index (χ2n) is 11.8. The maximum Gasteiger partial charge on any atom is 0.321 e. The number of rotatable bonds is 6. The van der Waals surface area contributed by atoms with E-state index < -0.39 is 11.9 Å². The first kappa shape index (κ1) is 28.5. The molecule has 4 N–H and O–H groups in total. The van der Waals surface area contributed by atoms with Gasteiger partial charge in [-0.2, -0.15) is 0 Å². The summed E-state index contributed by atoms with van der Waals surface area (Å²) < 4.78 is 5.17. The molecule has 1 saturated heterocycles. The summed E-state index contributed by atoms with van der Waals surface area (Å²) in [6.07, 6.45) is 10.9. The number of esters is 1. The Balaban J connectivity index is 1.74. The molecule has 8 bridgehead atoms. The van der Waals surface area contributed by atoms with Crippen molar-refractivity contribution < 1.29 is 19.1 Å². The van der Waals surface area contributed by atoms with E-state index in [0.29, 0.717) is 29.7 Å². The lowest BCUT2D eigenvalue weighted by atomic mass is 9.85. The number of carbonyl (C=O) groups excluding carboxylic acids is 3. The van der Waals surface area contributed by atoms with Crippen LogP contribution in [0.5, 0.6) is 0 Å².